The van der Waals surface area contributed by atoms with Gasteiger partial charge in [0.2, 0.25) is 11.9 Å². The number of nitrogens with zero attached hydrogens (tertiary/aromatic N) is 4. The number of amides is 1. The molecule has 0 bridgehead atoms. The Morgan fingerprint density at radius 1 is 1.28 bits per heavy atom. The van der Waals surface area contributed by atoms with Crippen LogP contribution in [0.15, 0.2) is 9.59 Å². The lowest BCUT2D eigenvalue weighted by Crippen LogP contribution is -2.46. The van der Waals surface area contributed by atoms with E-state index in [1.54, 1.807) is 18.7 Å². The number of likely N-dealkylation sites (tertiary alicyclic amines) is 1. The monoisotopic (exact) mass is 348 g/mol. The molecule has 3 rings (SSSR count). The van der Waals surface area contributed by atoms with Gasteiger partial charge in [0.1, 0.15) is 0 Å². The van der Waals surface area contributed by atoms with Crippen LogP contribution in [-0.2, 0) is 18.9 Å². The average Bonchev–Trinajstić information content (AvgIpc) is 2.89. The molecule has 1 fully saturated rings. The number of rotatable bonds is 3. The summed E-state index contributed by atoms with van der Waals surface area (Å²) in [5.41, 5.74) is -0.268. The fourth-order valence-electron chi connectivity index (χ4n) is 3.28. The number of nitrogens with one attached hydrogen (secondary N) is 2. The summed E-state index contributed by atoms with van der Waals surface area (Å²) in [5.74, 6) is 0.642. The molecule has 1 aliphatic heterocycles. The highest BCUT2D eigenvalue weighted by atomic mass is 16.2. The van der Waals surface area contributed by atoms with Crippen molar-refractivity contribution < 1.29 is 4.79 Å². The number of aromatic amines is 1. The van der Waals surface area contributed by atoms with Crippen molar-refractivity contribution in [2.24, 2.45) is 20.0 Å². The molecule has 1 atom stereocenters. The molecule has 0 aromatic carbocycles. The third-order valence-corrected chi connectivity index (χ3v) is 4.69. The van der Waals surface area contributed by atoms with Crippen molar-refractivity contribution in [3.8, 4) is 0 Å². The average molecular weight is 348 g/mol. The first-order valence-electron chi connectivity index (χ1n) is 8.50. The van der Waals surface area contributed by atoms with Crippen molar-refractivity contribution in [2.45, 2.75) is 32.7 Å². The van der Waals surface area contributed by atoms with E-state index in [2.05, 4.69) is 15.3 Å². The van der Waals surface area contributed by atoms with Gasteiger partial charge in [-0.15, -0.1) is 0 Å². The second kappa shape index (κ2) is 6.38. The summed E-state index contributed by atoms with van der Waals surface area (Å²) >= 11 is 0. The van der Waals surface area contributed by atoms with Crippen LogP contribution in [0.25, 0.3) is 11.2 Å². The number of carbonyl (C=O) groups excluding carboxylic acids is 1. The first kappa shape index (κ1) is 17.2. The van der Waals surface area contributed by atoms with Crippen molar-refractivity contribution in [3.63, 3.8) is 0 Å². The van der Waals surface area contributed by atoms with Crippen LogP contribution in [0.3, 0.4) is 0 Å². The molecule has 1 saturated heterocycles. The second-order valence-electron chi connectivity index (χ2n) is 6.91. The molecule has 1 amide bonds. The smallest absolute Gasteiger partial charge is 0.329 e. The highest BCUT2D eigenvalue weighted by Crippen LogP contribution is 2.19. The van der Waals surface area contributed by atoms with Crippen LogP contribution < -0.4 is 16.6 Å². The predicted molar refractivity (Wildman–Crippen MR) is 94.6 cm³/mol. The van der Waals surface area contributed by atoms with Crippen LogP contribution in [0.2, 0.25) is 0 Å². The molecule has 1 unspecified atom stereocenters. The number of H-pyrrole nitrogens is 1. The van der Waals surface area contributed by atoms with Gasteiger partial charge in [0.05, 0.1) is 0 Å². The van der Waals surface area contributed by atoms with Crippen molar-refractivity contribution in [3.05, 3.63) is 20.8 Å². The number of carbonyl (C=O) groups is 1. The molecule has 0 aliphatic carbocycles. The Bertz CT molecular complexity index is 922. The van der Waals surface area contributed by atoms with Crippen LogP contribution in [0.1, 0.15) is 26.7 Å². The highest BCUT2D eigenvalue weighted by Gasteiger charge is 2.26. The topological polar surface area (TPSA) is 105 Å². The van der Waals surface area contributed by atoms with Crippen LogP contribution >= 0.6 is 0 Å². The molecule has 136 valence electrons. The number of fused-ring (bicyclic) bond motifs is 1. The molecule has 2 N–H and O–H groups in total. The summed E-state index contributed by atoms with van der Waals surface area (Å²) in [6, 6.07) is 0.0584. The zero-order valence-corrected chi connectivity index (χ0v) is 15.0. The lowest BCUT2D eigenvalue weighted by atomic mass is 10.0. The molecule has 9 nitrogen and oxygen atoms in total. The molecule has 0 radical (unpaired) electrons. The van der Waals surface area contributed by atoms with Gasteiger partial charge in [-0.3, -0.25) is 19.1 Å². The SMILES string of the molecule is CC(C)C(=O)N1CCCC(Nc2nc3c(c(=O)[nH]c(=O)n3C)n2C)C1. The molecular formula is C16H24N6O3. The summed E-state index contributed by atoms with van der Waals surface area (Å²) in [5, 5.41) is 3.33. The second-order valence-corrected chi connectivity index (χ2v) is 6.91. The summed E-state index contributed by atoms with van der Waals surface area (Å²) in [7, 11) is 3.30. The number of hydrogen-bond donors (Lipinski definition) is 2. The quantitative estimate of drug-likeness (QED) is 0.813. The number of anilines is 1. The fourth-order valence-corrected chi connectivity index (χ4v) is 3.28. The van der Waals surface area contributed by atoms with Gasteiger partial charge in [-0.05, 0) is 12.8 Å². The lowest BCUT2D eigenvalue weighted by Gasteiger charge is -2.34. The molecule has 9 heteroatoms. The number of aryl methyl sites for hydroxylation is 2. The van der Waals surface area contributed by atoms with Gasteiger partial charge in [-0.1, -0.05) is 13.8 Å². The summed E-state index contributed by atoms with van der Waals surface area (Å²) in [6.07, 6.45) is 1.83. The number of imidazole rings is 1. The van der Waals surface area contributed by atoms with Crippen molar-refractivity contribution in [1.29, 1.82) is 0 Å². The van der Waals surface area contributed by atoms with Gasteiger partial charge in [0.15, 0.2) is 11.2 Å². The van der Waals surface area contributed by atoms with Crippen LogP contribution in [0, 0.1) is 5.92 Å². The minimum absolute atomic E-state index is 0.0254. The predicted octanol–water partition coefficient (Wildman–Crippen LogP) is 0.0192. The van der Waals surface area contributed by atoms with Crippen LogP contribution in [-0.4, -0.2) is 49.0 Å². The van der Waals surface area contributed by atoms with E-state index in [0.717, 1.165) is 19.4 Å². The van der Waals surface area contributed by atoms with E-state index in [4.69, 9.17) is 0 Å². The normalized spacial score (nSPS) is 18.1. The summed E-state index contributed by atoms with van der Waals surface area (Å²) < 4.78 is 2.97. The Morgan fingerprint density at radius 2 is 2.00 bits per heavy atom. The Kier molecular flexibility index (Phi) is 4.40. The Balaban J connectivity index is 1.88. The molecule has 0 spiro atoms. The first-order valence-corrected chi connectivity index (χ1v) is 8.50. The number of hydrogen-bond acceptors (Lipinski definition) is 5. The van der Waals surface area contributed by atoms with E-state index in [1.807, 2.05) is 18.7 Å². The van der Waals surface area contributed by atoms with E-state index in [9.17, 15) is 14.4 Å². The fraction of sp³-hybridized carbons (Fsp3) is 0.625. The van der Waals surface area contributed by atoms with Crippen molar-refractivity contribution in [2.75, 3.05) is 18.4 Å². The molecule has 0 saturated carbocycles. The number of piperidine rings is 1. The van der Waals surface area contributed by atoms with E-state index in [1.165, 1.54) is 4.57 Å². The van der Waals surface area contributed by atoms with E-state index < -0.39 is 11.2 Å². The standard InChI is InChI=1S/C16H24N6O3/c1-9(2)14(24)22-7-5-6-10(8-22)17-15-18-12-11(20(15)3)13(23)19-16(25)21(12)4/h9-10H,5-8H2,1-4H3,(H,17,18)(H,19,23,25). The number of aromatic nitrogens is 4. The zero-order valence-electron chi connectivity index (χ0n) is 15.0. The largest absolute Gasteiger partial charge is 0.351 e. The van der Waals surface area contributed by atoms with Gasteiger partial charge >= 0.3 is 5.69 Å². The summed E-state index contributed by atoms with van der Waals surface area (Å²) in [4.78, 5) is 44.6. The van der Waals surface area contributed by atoms with Crippen LogP contribution in [0.5, 0.6) is 0 Å². The van der Waals surface area contributed by atoms with E-state index >= 15 is 0 Å². The van der Waals surface area contributed by atoms with Gasteiger partial charge in [-0.25, -0.2) is 4.79 Å². The maximum absolute atomic E-state index is 12.2. The van der Waals surface area contributed by atoms with Gasteiger partial charge < -0.3 is 14.8 Å². The van der Waals surface area contributed by atoms with Crippen molar-refractivity contribution >= 4 is 23.0 Å². The molecule has 2 aromatic rings. The molecule has 1 aliphatic rings. The Hall–Kier alpha value is -2.58. The Labute approximate surface area is 144 Å². The van der Waals surface area contributed by atoms with E-state index in [-0.39, 0.29) is 17.9 Å². The molecule has 25 heavy (non-hydrogen) atoms. The van der Waals surface area contributed by atoms with E-state index in [0.29, 0.717) is 23.7 Å². The summed E-state index contributed by atoms with van der Waals surface area (Å²) in [6.45, 7) is 5.18. The molecular weight excluding hydrogens is 324 g/mol. The van der Waals surface area contributed by atoms with Gasteiger partial charge in [0, 0.05) is 39.1 Å². The third kappa shape index (κ3) is 3.06. The highest BCUT2D eigenvalue weighted by molar-refractivity contribution is 5.78. The maximum atomic E-state index is 12.2. The lowest BCUT2D eigenvalue weighted by molar-refractivity contribution is -0.135. The van der Waals surface area contributed by atoms with Crippen LogP contribution in [0.4, 0.5) is 5.95 Å². The van der Waals surface area contributed by atoms with Crippen molar-refractivity contribution in [1.82, 2.24) is 24.0 Å². The maximum Gasteiger partial charge on any atom is 0.329 e. The zero-order chi connectivity index (χ0) is 18.3. The van der Waals surface area contributed by atoms with Gasteiger partial charge in [-0.2, -0.15) is 4.98 Å². The molecule has 2 aromatic heterocycles. The Morgan fingerprint density at radius 3 is 2.68 bits per heavy atom. The minimum Gasteiger partial charge on any atom is -0.351 e. The minimum atomic E-state index is -0.492. The molecule has 3 heterocycles. The third-order valence-electron chi connectivity index (χ3n) is 4.69. The first-order chi connectivity index (χ1) is 11.8. The van der Waals surface area contributed by atoms with Gasteiger partial charge in [0.25, 0.3) is 5.56 Å².